The van der Waals surface area contributed by atoms with E-state index in [9.17, 15) is 4.79 Å². The Bertz CT molecular complexity index is 645. The summed E-state index contributed by atoms with van der Waals surface area (Å²) in [5, 5.41) is 7.37. The molecular weight excluding hydrogens is 278 g/mol. The molecule has 0 radical (unpaired) electrons. The number of pyridine rings is 1. The van der Waals surface area contributed by atoms with Gasteiger partial charge in [-0.3, -0.25) is 9.48 Å². The van der Waals surface area contributed by atoms with Crippen molar-refractivity contribution in [1.29, 1.82) is 0 Å². The monoisotopic (exact) mass is 301 g/mol. The van der Waals surface area contributed by atoms with Gasteiger partial charge in [0.1, 0.15) is 5.82 Å². The quantitative estimate of drug-likeness (QED) is 0.917. The zero-order valence-corrected chi connectivity index (χ0v) is 13.8. The molecule has 118 valence electrons. The molecule has 0 saturated heterocycles. The molecule has 0 aliphatic rings. The second-order valence-electron chi connectivity index (χ2n) is 5.73. The van der Waals surface area contributed by atoms with Crippen LogP contribution in [-0.2, 0) is 0 Å². The van der Waals surface area contributed by atoms with Crippen LogP contribution in [0, 0.1) is 13.8 Å². The van der Waals surface area contributed by atoms with Gasteiger partial charge >= 0.3 is 0 Å². The second-order valence-corrected chi connectivity index (χ2v) is 5.73. The maximum atomic E-state index is 12.2. The maximum absolute atomic E-state index is 12.2. The van der Waals surface area contributed by atoms with Crippen LogP contribution in [0.2, 0.25) is 0 Å². The minimum atomic E-state index is -0.119. The minimum absolute atomic E-state index is 0.103. The average Bonchev–Trinajstić information content (AvgIpc) is 2.83. The smallest absolute Gasteiger partial charge is 0.252 e. The first-order valence-corrected chi connectivity index (χ1v) is 7.33. The summed E-state index contributed by atoms with van der Waals surface area (Å²) in [4.78, 5) is 18.3. The Morgan fingerprint density at radius 2 is 2.09 bits per heavy atom. The standard InChI is InChI=1S/C16H23N5O/c1-11-8-12(2)21(19-11)13(3)9-18-16(22)14-6-7-15(17-10-14)20(4)5/h6-8,10,13H,9H2,1-5H3,(H,18,22). The number of hydrogen-bond donors (Lipinski definition) is 1. The Balaban J connectivity index is 1.96. The van der Waals surface area contributed by atoms with Crippen LogP contribution >= 0.6 is 0 Å². The fourth-order valence-electron chi connectivity index (χ4n) is 2.31. The largest absolute Gasteiger partial charge is 0.363 e. The van der Waals surface area contributed by atoms with Crippen molar-refractivity contribution in [3.05, 3.63) is 41.3 Å². The summed E-state index contributed by atoms with van der Waals surface area (Å²) >= 11 is 0. The summed E-state index contributed by atoms with van der Waals surface area (Å²) in [5.41, 5.74) is 2.64. The molecule has 2 rings (SSSR count). The molecule has 1 atom stereocenters. The van der Waals surface area contributed by atoms with Gasteiger partial charge < -0.3 is 10.2 Å². The first-order valence-electron chi connectivity index (χ1n) is 7.33. The van der Waals surface area contributed by atoms with E-state index in [1.165, 1.54) is 0 Å². The van der Waals surface area contributed by atoms with E-state index >= 15 is 0 Å². The van der Waals surface area contributed by atoms with Crippen molar-refractivity contribution < 1.29 is 4.79 Å². The minimum Gasteiger partial charge on any atom is -0.363 e. The van der Waals surface area contributed by atoms with E-state index in [1.54, 1.807) is 12.3 Å². The number of aromatic nitrogens is 3. The van der Waals surface area contributed by atoms with Crippen molar-refractivity contribution in [2.45, 2.75) is 26.8 Å². The Morgan fingerprint density at radius 1 is 1.36 bits per heavy atom. The highest BCUT2D eigenvalue weighted by Gasteiger charge is 2.12. The van der Waals surface area contributed by atoms with E-state index in [4.69, 9.17) is 0 Å². The lowest BCUT2D eigenvalue weighted by atomic mass is 10.2. The van der Waals surface area contributed by atoms with Gasteiger partial charge in [-0.25, -0.2) is 4.98 Å². The number of rotatable bonds is 5. The van der Waals surface area contributed by atoms with Gasteiger partial charge in [-0.1, -0.05) is 0 Å². The number of nitrogens with zero attached hydrogens (tertiary/aromatic N) is 4. The van der Waals surface area contributed by atoms with Crippen LogP contribution < -0.4 is 10.2 Å². The number of anilines is 1. The number of aryl methyl sites for hydroxylation is 2. The van der Waals surface area contributed by atoms with E-state index in [1.807, 2.05) is 56.6 Å². The molecule has 0 spiro atoms. The highest BCUT2D eigenvalue weighted by molar-refractivity contribution is 5.94. The van der Waals surface area contributed by atoms with Crippen molar-refractivity contribution in [2.24, 2.45) is 0 Å². The van der Waals surface area contributed by atoms with Gasteiger partial charge in [0.15, 0.2) is 0 Å². The SMILES string of the molecule is Cc1cc(C)n(C(C)CNC(=O)c2ccc(N(C)C)nc2)n1. The lowest BCUT2D eigenvalue weighted by Crippen LogP contribution is -2.30. The van der Waals surface area contributed by atoms with Crippen molar-refractivity contribution in [3.63, 3.8) is 0 Å². The third-order valence-corrected chi connectivity index (χ3v) is 3.49. The predicted molar refractivity (Wildman–Crippen MR) is 87.3 cm³/mol. The van der Waals surface area contributed by atoms with Gasteiger partial charge in [0.05, 0.1) is 17.3 Å². The van der Waals surface area contributed by atoms with Crippen LogP contribution in [0.25, 0.3) is 0 Å². The number of nitrogens with one attached hydrogen (secondary N) is 1. The van der Waals surface area contributed by atoms with Crippen LogP contribution in [0.3, 0.4) is 0 Å². The molecule has 0 aromatic carbocycles. The maximum Gasteiger partial charge on any atom is 0.252 e. The third-order valence-electron chi connectivity index (χ3n) is 3.49. The summed E-state index contributed by atoms with van der Waals surface area (Å²) in [7, 11) is 3.83. The fourth-order valence-corrected chi connectivity index (χ4v) is 2.31. The topological polar surface area (TPSA) is 63.1 Å². The first-order chi connectivity index (χ1) is 10.4. The highest BCUT2D eigenvalue weighted by Crippen LogP contribution is 2.11. The molecule has 6 nitrogen and oxygen atoms in total. The molecule has 0 fully saturated rings. The molecule has 2 aromatic heterocycles. The third kappa shape index (κ3) is 3.63. The zero-order valence-electron chi connectivity index (χ0n) is 13.8. The van der Waals surface area contributed by atoms with Gasteiger partial charge in [-0.15, -0.1) is 0 Å². The van der Waals surface area contributed by atoms with E-state index in [-0.39, 0.29) is 11.9 Å². The molecule has 0 aliphatic carbocycles. The molecular formula is C16H23N5O. The van der Waals surface area contributed by atoms with Crippen LogP contribution in [0.4, 0.5) is 5.82 Å². The van der Waals surface area contributed by atoms with Gasteiger partial charge in [0.25, 0.3) is 5.91 Å². The fraction of sp³-hybridized carbons (Fsp3) is 0.438. The van der Waals surface area contributed by atoms with E-state index in [0.717, 1.165) is 17.2 Å². The number of amides is 1. The van der Waals surface area contributed by atoms with Crippen molar-refractivity contribution in [3.8, 4) is 0 Å². The summed E-state index contributed by atoms with van der Waals surface area (Å²) < 4.78 is 1.93. The van der Waals surface area contributed by atoms with E-state index in [2.05, 4.69) is 15.4 Å². The van der Waals surface area contributed by atoms with Crippen LogP contribution in [0.15, 0.2) is 24.4 Å². The molecule has 0 aliphatic heterocycles. The Hall–Kier alpha value is -2.37. The molecule has 22 heavy (non-hydrogen) atoms. The normalized spacial score (nSPS) is 12.0. The summed E-state index contributed by atoms with van der Waals surface area (Å²) in [6.45, 7) is 6.54. The van der Waals surface area contributed by atoms with Crippen molar-refractivity contribution in [2.75, 3.05) is 25.5 Å². The summed E-state index contributed by atoms with van der Waals surface area (Å²) in [6, 6.07) is 5.75. The average molecular weight is 301 g/mol. The van der Waals surface area contributed by atoms with Crippen molar-refractivity contribution in [1.82, 2.24) is 20.1 Å². The molecule has 0 bridgehead atoms. The molecule has 2 aromatic rings. The number of hydrogen-bond acceptors (Lipinski definition) is 4. The van der Waals surface area contributed by atoms with Gasteiger partial charge in [0.2, 0.25) is 0 Å². The Kier molecular flexibility index (Phi) is 4.80. The molecule has 1 amide bonds. The van der Waals surface area contributed by atoms with Gasteiger partial charge in [-0.05, 0) is 39.0 Å². The number of carbonyl (C=O) groups excluding carboxylic acids is 1. The zero-order chi connectivity index (χ0) is 16.3. The predicted octanol–water partition coefficient (Wildman–Crippen LogP) is 1.95. The Labute approximate surface area is 131 Å². The van der Waals surface area contributed by atoms with Crippen LogP contribution in [0.1, 0.15) is 34.7 Å². The lowest BCUT2D eigenvalue weighted by molar-refractivity contribution is 0.0947. The Morgan fingerprint density at radius 3 is 2.59 bits per heavy atom. The highest BCUT2D eigenvalue weighted by atomic mass is 16.1. The second kappa shape index (κ2) is 6.60. The molecule has 1 unspecified atom stereocenters. The number of carbonyl (C=O) groups is 1. The van der Waals surface area contributed by atoms with Gasteiger partial charge in [0, 0.05) is 32.5 Å². The molecule has 1 N–H and O–H groups in total. The van der Waals surface area contributed by atoms with Crippen LogP contribution in [-0.4, -0.2) is 41.3 Å². The molecule has 2 heterocycles. The lowest BCUT2D eigenvalue weighted by Gasteiger charge is -2.15. The van der Waals surface area contributed by atoms with E-state index in [0.29, 0.717) is 12.1 Å². The van der Waals surface area contributed by atoms with E-state index < -0.39 is 0 Å². The molecule has 0 saturated carbocycles. The molecule has 6 heteroatoms. The van der Waals surface area contributed by atoms with Crippen molar-refractivity contribution >= 4 is 11.7 Å². The summed E-state index contributed by atoms with van der Waals surface area (Å²) in [6.07, 6.45) is 1.60. The summed E-state index contributed by atoms with van der Waals surface area (Å²) in [5.74, 6) is 0.707. The first kappa shape index (κ1) is 16.0. The van der Waals surface area contributed by atoms with Gasteiger partial charge in [-0.2, -0.15) is 5.10 Å². The van der Waals surface area contributed by atoms with Crippen LogP contribution in [0.5, 0.6) is 0 Å².